The van der Waals surface area contributed by atoms with Crippen LogP contribution >= 0.6 is 23.1 Å². The molecule has 4 rings (SSSR count). The first kappa shape index (κ1) is 19.9. The summed E-state index contributed by atoms with van der Waals surface area (Å²) in [6.07, 6.45) is 4.96. The van der Waals surface area contributed by atoms with E-state index in [0.29, 0.717) is 6.54 Å². The second-order valence-electron chi connectivity index (χ2n) is 6.92. The predicted octanol–water partition coefficient (Wildman–Crippen LogP) is 4.62. The molecule has 3 aromatic rings. The zero-order valence-corrected chi connectivity index (χ0v) is 18.4. The van der Waals surface area contributed by atoms with Crippen molar-refractivity contribution in [3.8, 4) is 16.5 Å². The van der Waals surface area contributed by atoms with Crippen LogP contribution in [0.3, 0.4) is 0 Å². The minimum Gasteiger partial charge on any atom is -0.497 e. The van der Waals surface area contributed by atoms with E-state index >= 15 is 0 Å². The summed E-state index contributed by atoms with van der Waals surface area (Å²) in [6, 6.07) is 9.68. The van der Waals surface area contributed by atoms with Crippen LogP contribution in [0, 0.1) is 0 Å². The van der Waals surface area contributed by atoms with Crippen LogP contribution in [0.1, 0.15) is 26.4 Å². The third kappa shape index (κ3) is 3.89. The Labute approximate surface area is 179 Å². The number of carbonyl (C=O) groups is 1. The highest BCUT2D eigenvalue weighted by molar-refractivity contribution is 7.98. The van der Waals surface area contributed by atoms with Gasteiger partial charge in [-0.3, -0.25) is 4.79 Å². The molecule has 2 aromatic heterocycles. The Morgan fingerprint density at radius 1 is 1.21 bits per heavy atom. The van der Waals surface area contributed by atoms with Crippen molar-refractivity contribution in [2.45, 2.75) is 18.7 Å². The molecule has 1 amide bonds. The molecular formula is C22H24N2O3S2. The molecule has 1 aliphatic heterocycles. The summed E-state index contributed by atoms with van der Waals surface area (Å²) in [5, 5.41) is 1.01. The molecule has 1 aromatic carbocycles. The summed E-state index contributed by atoms with van der Waals surface area (Å²) in [6.45, 7) is 0.469. The quantitative estimate of drug-likeness (QED) is 0.575. The standard InChI is InChI=1S/C22H24N2O3S2/c1-23(13-15-6-7-16(26-2)12-18(15)27-3)21(25)20-17-8-11-28-14-19(17)29-22(20)24-9-4-5-10-24/h4-7,9-10,12H,8,11,13-14H2,1-3H3. The van der Waals surface area contributed by atoms with Crippen LogP contribution in [0.2, 0.25) is 0 Å². The maximum absolute atomic E-state index is 13.6. The van der Waals surface area contributed by atoms with E-state index < -0.39 is 0 Å². The second-order valence-corrected chi connectivity index (χ2v) is 9.10. The van der Waals surface area contributed by atoms with Gasteiger partial charge in [0.1, 0.15) is 16.5 Å². The highest BCUT2D eigenvalue weighted by atomic mass is 32.2. The van der Waals surface area contributed by atoms with E-state index in [9.17, 15) is 4.79 Å². The van der Waals surface area contributed by atoms with Gasteiger partial charge in [-0.05, 0) is 42.0 Å². The van der Waals surface area contributed by atoms with Gasteiger partial charge in [0.05, 0.1) is 19.8 Å². The number of nitrogens with zero attached hydrogens (tertiary/aromatic N) is 2. The molecule has 7 heteroatoms. The first-order chi connectivity index (χ1) is 14.1. The van der Waals surface area contributed by atoms with Crippen molar-refractivity contribution in [1.29, 1.82) is 0 Å². The Kier molecular flexibility index (Phi) is 5.87. The normalized spacial score (nSPS) is 13.1. The molecule has 5 nitrogen and oxygen atoms in total. The van der Waals surface area contributed by atoms with Crippen LogP contribution in [0.25, 0.3) is 5.00 Å². The number of ether oxygens (including phenoxy) is 2. The number of hydrogen-bond donors (Lipinski definition) is 0. The van der Waals surface area contributed by atoms with Crippen molar-refractivity contribution in [3.63, 3.8) is 0 Å². The van der Waals surface area contributed by atoms with Crippen LogP contribution in [0.5, 0.6) is 11.5 Å². The number of aromatic nitrogens is 1. The number of thiophene rings is 1. The lowest BCUT2D eigenvalue weighted by Gasteiger charge is -2.21. The summed E-state index contributed by atoms with van der Waals surface area (Å²) < 4.78 is 12.8. The number of hydrogen-bond acceptors (Lipinski definition) is 5. The summed E-state index contributed by atoms with van der Waals surface area (Å²) in [5.41, 5.74) is 3.01. The molecule has 0 N–H and O–H groups in total. The summed E-state index contributed by atoms with van der Waals surface area (Å²) >= 11 is 3.67. The molecule has 0 saturated carbocycles. The average molecular weight is 429 g/mol. The molecular weight excluding hydrogens is 404 g/mol. The number of carbonyl (C=O) groups excluding carboxylic acids is 1. The largest absolute Gasteiger partial charge is 0.497 e. The Bertz CT molecular complexity index is 1010. The fraction of sp³-hybridized carbons (Fsp3) is 0.318. The Hall–Kier alpha value is -2.38. The number of benzene rings is 1. The van der Waals surface area contributed by atoms with Gasteiger partial charge in [-0.25, -0.2) is 0 Å². The van der Waals surface area contributed by atoms with Crippen molar-refractivity contribution in [3.05, 3.63) is 64.3 Å². The highest BCUT2D eigenvalue weighted by Crippen LogP contribution is 2.39. The molecule has 0 aliphatic carbocycles. The van der Waals surface area contributed by atoms with E-state index in [1.54, 1.807) is 30.5 Å². The maximum Gasteiger partial charge on any atom is 0.257 e. The van der Waals surface area contributed by atoms with Gasteiger partial charge in [0.25, 0.3) is 5.91 Å². The first-order valence-electron chi connectivity index (χ1n) is 9.44. The van der Waals surface area contributed by atoms with Crippen molar-refractivity contribution in [2.75, 3.05) is 27.0 Å². The van der Waals surface area contributed by atoms with Gasteiger partial charge in [-0.2, -0.15) is 11.8 Å². The first-order valence-corrected chi connectivity index (χ1v) is 11.4. The minimum atomic E-state index is 0.0518. The smallest absolute Gasteiger partial charge is 0.257 e. The average Bonchev–Trinajstić information content (AvgIpc) is 3.41. The lowest BCUT2D eigenvalue weighted by molar-refractivity contribution is 0.0783. The molecule has 3 heterocycles. The fourth-order valence-corrected chi connectivity index (χ4v) is 6.03. The lowest BCUT2D eigenvalue weighted by atomic mass is 10.1. The number of methoxy groups -OCH3 is 2. The van der Waals surface area contributed by atoms with Crippen LogP contribution in [-0.2, 0) is 18.7 Å². The van der Waals surface area contributed by atoms with Gasteiger partial charge in [0.2, 0.25) is 0 Å². The third-order valence-corrected chi connectivity index (χ3v) is 7.52. The SMILES string of the molecule is COc1ccc(CN(C)C(=O)c2c(-n3cccc3)sc3c2CCSC3)c(OC)c1. The maximum atomic E-state index is 13.6. The molecule has 0 atom stereocenters. The summed E-state index contributed by atoms with van der Waals surface area (Å²) in [7, 11) is 5.12. The molecule has 0 spiro atoms. The molecule has 0 fully saturated rings. The monoisotopic (exact) mass is 428 g/mol. The van der Waals surface area contributed by atoms with Crippen LogP contribution < -0.4 is 9.47 Å². The number of thioether (sulfide) groups is 1. The topological polar surface area (TPSA) is 43.7 Å². The van der Waals surface area contributed by atoms with Gasteiger partial charge in [0, 0.05) is 48.2 Å². The molecule has 1 aliphatic rings. The fourth-order valence-electron chi connectivity index (χ4n) is 3.59. The van der Waals surface area contributed by atoms with Crippen molar-refractivity contribution >= 4 is 29.0 Å². The van der Waals surface area contributed by atoms with E-state index in [2.05, 4.69) is 4.57 Å². The van der Waals surface area contributed by atoms with E-state index in [1.165, 1.54) is 10.4 Å². The van der Waals surface area contributed by atoms with Gasteiger partial charge in [0.15, 0.2) is 0 Å². The van der Waals surface area contributed by atoms with E-state index in [1.807, 2.05) is 61.5 Å². The van der Waals surface area contributed by atoms with Gasteiger partial charge >= 0.3 is 0 Å². The molecule has 152 valence electrons. The Morgan fingerprint density at radius 3 is 2.72 bits per heavy atom. The van der Waals surface area contributed by atoms with Crippen molar-refractivity contribution in [2.24, 2.45) is 0 Å². The lowest BCUT2D eigenvalue weighted by Crippen LogP contribution is -2.28. The molecule has 0 radical (unpaired) electrons. The molecule has 0 unspecified atom stereocenters. The number of fused-ring (bicyclic) bond motifs is 1. The van der Waals surface area contributed by atoms with Crippen LogP contribution in [0.15, 0.2) is 42.7 Å². The number of rotatable bonds is 6. The van der Waals surface area contributed by atoms with E-state index in [-0.39, 0.29) is 5.91 Å². The van der Waals surface area contributed by atoms with Crippen LogP contribution in [-0.4, -0.2) is 42.4 Å². The zero-order valence-electron chi connectivity index (χ0n) is 16.8. The molecule has 0 bridgehead atoms. The summed E-state index contributed by atoms with van der Waals surface area (Å²) in [5.74, 6) is 3.55. The predicted molar refractivity (Wildman–Crippen MR) is 119 cm³/mol. The summed E-state index contributed by atoms with van der Waals surface area (Å²) in [4.78, 5) is 16.7. The van der Waals surface area contributed by atoms with Crippen molar-refractivity contribution < 1.29 is 14.3 Å². The van der Waals surface area contributed by atoms with Crippen molar-refractivity contribution in [1.82, 2.24) is 9.47 Å². The van der Waals surface area contributed by atoms with Gasteiger partial charge < -0.3 is 18.9 Å². The molecule has 0 saturated heterocycles. The highest BCUT2D eigenvalue weighted by Gasteiger charge is 2.28. The second kappa shape index (κ2) is 8.55. The zero-order chi connectivity index (χ0) is 20.4. The number of amides is 1. The van der Waals surface area contributed by atoms with E-state index in [4.69, 9.17) is 9.47 Å². The minimum absolute atomic E-state index is 0.0518. The van der Waals surface area contributed by atoms with E-state index in [0.717, 1.165) is 45.6 Å². The van der Waals surface area contributed by atoms with Crippen LogP contribution in [0.4, 0.5) is 0 Å². The Balaban J connectivity index is 1.67. The molecule has 29 heavy (non-hydrogen) atoms. The third-order valence-electron chi connectivity index (χ3n) is 5.10. The Morgan fingerprint density at radius 2 is 2.00 bits per heavy atom. The van der Waals surface area contributed by atoms with Gasteiger partial charge in [-0.1, -0.05) is 0 Å². The van der Waals surface area contributed by atoms with Gasteiger partial charge in [-0.15, -0.1) is 11.3 Å².